The Morgan fingerprint density at radius 1 is 0.914 bits per heavy atom. The Balaban J connectivity index is 1.85. The minimum Gasteiger partial charge on any atom is -0.497 e. The molecular weight excluding hydrogens is 464 g/mol. The Kier molecular flexibility index (Phi) is 8.76. The van der Waals surface area contributed by atoms with Crippen molar-refractivity contribution in [3.63, 3.8) is 0 Å². The van der Waals surface area contributed by atoms with E-state index in [0.717, 1.165) is 21.9 Å². The maximum Gasteiger partial charge on any atom is 0.241 e. The van der Waals surface area contributed by atoms with Crippen molar-refractivity contribution in [2.45, 2.75) is 26.3 Å². The third-order valence-electron chi connectivity index (χ3n) is 5.35. The van der Waals surface area contributed by atoms with Crippen LogP contribution in [0.25, 0.3) is 0 Å². The van der Waals surface area contributed by atoms with E-state index in [1.807, 2.05) is 42.5 Å². The molecule has 3 rings (SSSR count). The second kappa shape index (κ2) is 11.8. The first kappa shape index (κ1) is 26.1. The van der Waals surface area contributed by atoms with E-state index in [2.05, 4.69) is 19.2 Å². The molecule has 3 aromatic carbocycles. The first-order valence-corrected chi connectivity index (χ1v) is 13.2. The lowest BCUT2D eigenvalue weighted by atomic mass is 9.97. The van der Waals surface area contributed by atoms with Crippen molar-refractivity contribution >= 4 is 21.6 Å². The van der Waals surface area contributed by atoms with Crippen LogP contribution < -0.4 is 19.1 Å². The zero-order valence-electron chi connectivity index (χ0n) is 20.5. The number of nitrogens with zero attached hydrogens (tertiary/aromatic N) is 1. The van der Waals surface area contributed by atoms with Gasteiger partial charge < -0.3 is 14.8 Å². The van der Waals surface area contributed by atoms with E-state index in [9.17, 15) is 13.2 Å². The summed E-state index contributed by atoms with van der Waals surface area (Å²) in [7, 11) is -2.19. The molecule has 0 bridgehead atoms. The second-order valence-corrected chi connectivity index (χ2v) is 10.6. The van der Waals surface area contributed by atoms with E-state index in [4.69, 9.17) is 9.47 Å². The van der Waals surface area contributed by atoms with Crippen LogP contribution in [0.3, 0.4) is 0 Å². The first-order chi connectivity index (χ1) is 16.7. The molecule has 35 heavy (non-hydrogen) atoms. The molecule has 0 aliphatic carbocycles. The van der Waals surface area contributed by atoms with Gasteiger partial charge in [0.15, 0.2) is 5.75 Å². The van der Waals surface area contributed by atoms with Crippen LogP contribution in [-0.4, -0.2) is 34.2 Å². The lowest BCUT2D eigenvalue weighted by Crippen LogP contribution is -2.42. The summed E-state index contributed by atoms with van der Waals surface area (Å²) in [6.07, 6.45) is 1.78. The Hall–Kier alpha value is -3.52. The summed E-state index contributed by atoms with van der Waals surface area (Å²) < 4.78 is 37.7. The Morgan fingerprint density at radius 3 is 2.14 bits per heavy atom. The van der Waals surface area contributed by atoms with Crippen LogP contribution in [0.15, 0.2) is 78.9 Å². The molecule has 0 spiro atoms. The van der Waals surface area contributed by atoms with Crippen LogP contribution >= 0.6 is 0 Å². The summed E-state index contributed by atoms with van der Waals surface area (Å²) in [5.74, 6) is 1.53. The van der Waals surface area contributed by atoms with Gasteiger partial charge in [-0.05, 0) is 54.3 Å². The lowest BCUT2D eigenvalue weighted by molar-refractivity contribution is -0.120. The monoisotopic (exact) mass is 496 g/mol. The van der Waals surface area contributed by atoms with Gasteiger partial charge in [-0.1, -0.05) is 56.3 Å². The number of carbonyl (C=O) groups excluding carboxylic acids is 1. The standard InChI is InChI=1S/C27H32N2O5S/c1-20(2)18-24(21-14-16-22(33-3)17-15-21)28-27(30)19-29(35(4,31)32)25-12-8-9-13-26(25)34-23-10-6-5-7-11-23/h5-17,20,24H,18-19H2,1-4H3,(H,28,30). The number of methoxy groups -OCH3 is 1. The van der Waals surface area contributed by atoms with Gasteiger partial charge >= 0.3 is 0 Å². The third-order valence-corrected chi connectivity index (χ3v) is 6.48. The number of para-hydroxylation sites is 3. The SMILES string of the molecule is COc1ccc(C(CC(C)C)NC(=O)CN(c2ccccc2Oc2ccccc2)S(C)(=O)=O)cc1. The van der Waals surface area contributed by atoms with E-state index < -0.39 is 15.9 Å². The molecule has 1 N–H and O–H groups in total. The maximum atomic E-state index is 13.1. The van der Waals surface area contributed by atoms with Gasteiger partial charge in [0.05, 0.1) is 25.1 Å². The predicted molar refractivity (Wildman–Crippen MR) is 138 cm³/mol. The predicted octanol–water partition coefficient (Wildman–Crippen LogP) is 5.16. The van der Waals surface area contributed by atoms with Gasteiger partial charge in [-0.2, -0.15) is 0 Å². The highest BCUT2D eigenvalue weighted by Crippen LogP contribution is 2.33. The molecule has 0 heterocycles. The number of rotatable bonds is 11. The molecule has 0 radical (unpaired) electrons. The molecule has 1 unspecified atom stereocenters. The first-order valence-electron chi connectivity index (χ1n) is 11.4. The molecule has 8 heteroatoms. The minimum absolute atomic E-state index is 0.273. The normalized spacial score (nSPS) is 12.1. The van der Waals surface area contributed by atoms with E-state index >= 15 is 0 Å². The van der Waals surface area contributed by atoms with Crippen LogP contribution in [0.1, 0.15) is 31.9 Å². The Bertz CT molecular complexity index is 1210. The molecule has 0 fully saturated rings. The average Bonchev–Trinajstić information content (AvgIpc) is 2.82. The molecule has 1 atom stereocenters. The van der Waals surface area contributed by atoms with Crippen molar-refractivity contribution in [2.24, 2.45) is 5.92 Å². The van der Waals surface area contributed by atoms with Crippen LogP contribution in [0.5, 0.6) is 17.2 Å². The highest BCUT2D eigenvalue weighted by Gasteiger charge is 2.26. The van der Waals surface area contributed by atoms with Crippen LogP contribution in [0, 0.1) is 5.92 Å². The molecular formula is C27H32N2O5S. The molecule has 0 aliphatic rings. The largest absolute Gasteiger partial charge is 0.497 e. The van der Waals surface area contributed by atoms with Gasteiger partial charge in [-0.15, -0.1) is 0 Å². The number of carbonyl (C=O) groups is 1. The van der Waals surface area contributed by atoms with Crippen LogP contribution in [0.2, 0.25) is 0 Å². The summed E-state index contributed by atoms with van der Waals surface area (Å²) in [4.78, 5) is 13.1. The van der Waals surface area contributed by atoms with Gasteiger partial charge in [-0.25, -0.2) is 8.42 Å². The van der Waals surface area contributed by atoms with Crippen molar-refractivity contribution in [3.05, 3.63) is 84.4 Å². The summed E-state index contributed by atoms with van der Waals surface area (Å²) in [5, 5.41) is 3.02. The number of amides is 1. The van der Waals surface area contributed by atoms with Crippen LogP contribution in [-0.2, 0) is 14.8 Å². The molecule has 186 valence electrons. The maximum absolute atomic E-state index is 13.1. The number of anilines is 1. The van der Waals surface area contributed by atoms with Crippen molar-refractivity contribution < 1.29 is 22.7 Å². The number of benzene rings is 3. The van der Waals surface area contributed by atoms with Crippen molar-refractivity contribution in [1.29, 1.82) is 0 Å². The van der Waals surface area contributed by atoms with E-state index in [-0.39, 0.29) is 12.6 Å². The molecule has 7 nitrogen and oxygen atoms in total. The van der Waals surface area contributed by atoms with Crippen LogP contribution in [0.4, 0.5) is 5.69 Å². The highest BCUT2D eigenvalue weighted by atomic mass is 32.2. The summed E-state index contributed by atoms with van der Waals surface area (Å²) in [5.41, 5.74) is 1.21. The van der Waals surface area contributed by atoms with E-state index in [1.165, 1.54) is 0 Å². The smallest absolute Gasteiger partial charge is 0.241 e. The molecule has 0 aromatic heterocycles. The third kappa shape index (κ3) is 7.48. The van der Waals surface area contributed by atoms with Gasteiger partial charge in [0, 0.05) is 0 Å². The molecule has 0 aliphatic heterocycles. The topological polar surface area (TPSA) is 84.9 Å². The number of ether oxygens (including phenoxy) is 2. The van der Waals surface area contributed by atoms with Gasteiger partial charge in [0.2, 0.25) is 15.9 Å². The fourth-order valence-electron chi connectivity index (χ4n) is 3.70. The van der Waals surface area contributed by atoms with Gasteiger partial charge in [0.1, 0.15) is 18.0 Å². The fraction of sp³-hybridized carbons (Fsp3) is 0.296. The zero-order chi connectivity index (χ0) is 25.4. The average molecular weight is 497 g/mol. The summed E-state index contributed by atoms with van der Waals surface area (Å²) in [6, 6.07) is 23.1. The Labute approximate surface area is 207 Å². The number of nitrogens with one attached hydrogen (secondary N) is 1. The quantitative estimate of drug-likeness (QED) is 0.397. The van der Waals surface area contributed by atoms with Crippen molar-refractivity contribution in [2.75, 3.05) is 24.2 Å². The van der Waals surface area contributed by atoms with E-state index in [1.54, 1.807) is 43.5 Å². The van der Waals surface area contributed by atoms with Gasteiger partial charge in [0.25, 0.3) is 0 Å². The molecule has 0 saturated heterocycles. The Morgan fingerprint density at radius 2 is 1.54 bits per heavy atom. The highest BCUT2D eigenvalue weighted by molar-refractivity contribution is 7.92. The fourth-order valence-corrected chi connectivity index (χ4v) is 4.56. The van der Waals surface area contributed by atoms with Gasteiger partial charge in [-0.3, -0.25) is 9.10 Å². The second-order valence-electron chi connectivity index (χ2n) is 8.68. The molecule has 0 saturated carbocycles. The number of hydrogen-bond acceptors (Lipinski definition) is 5. The van der Waals surface area contributed by atoms with E-state index in [0.29, 0.717) is 29.5 Å². The zero-order valence-corrected chi connectivity index (χ0v) is 21.3. The number of hydrogen-bond donors (Lipinski definition) is 1. The minimum atomic E-state index is -3.78. The number of sulfonamides is 1. The summed E-state index contributed by atoms with van der Waals surface area (Å²) >= 11 is 0. The summed E-state index contributed by atoms with van der Waals surface area (Å²) in [6.45, 7) is 3.77. The lowest BCUT2D eigenvalue weighted by Gasteiger charge is -2.26. The van der Waals surface area contributed by atoms with Crippen molar-refractivity contribution in [1.82, 2.24) is 5.32 Å². The van der Waals surface area contributed by atoms with Crippen molar-refractivity contribution in [3.8, 4) is 17.2 Å². The molecule has 1 amide bonds. The molecule has 3 aromatic rings.